The minimum atomic E-state index is -0.442. The van der Waals surface area contributed by atoms with Gasteiger partial charge in [0.2, 0.25) is 0 Å². The second-order valence-corrected chi connectivity index (χ2v) is 7.04. The monoisotopic (exact) mass is 390 g/mol. The Kier molecular flexibility index (Phi) is 7.81. The molecular formula is C22H28ClFN2O. The number of piperidine rings is 1. The van der Waals surface area contributed by atoms with Crippen LogP contribution in [-0.4, -0.2) is 36.5 Å². The normalized spacial score (nSPS) is 14.5. The second kappa shape index (κ2) is 9.86. The molecular weight excluding hydrogens is 363 g/mol. The van der Waals surface area contributed by atoms with Crippen molar-refractivity contribution in [1.82, 2.24) is 10.2 Å². The molecule has 0 aromatic heterocycles. The molecule has 0 atom stereocenters. The third kappa shape index (κ3) is 5.08. The summed E-state index contributed by atoms with van der Waals surface area (Å²) >= 11 is 0. The zero-order valence-electron chi connectivity index (χ0n) is 16.0. The highest BCUT2D eigenvalue weighted by molar-refractivity contribution is 5.95. The van der Waals surface area contributed by atoms with Crippen LogP contribution in [0.25, 0.3) is 11.1 Å². The van der Waals surface area contributed by atoms with Gasteiger partial charge in [0.25, 0.3) is 5.91 Å². The topological polar surface area (TPSA) is 32.3 Å². The van der Waals surface area contributed by atoms with Gasteiger partial charge in [-0.1, -0.05) is 42.8 Å². The summed E-state index contributed by atoms with van der Waals surface area (Å²) in [7, 11) is 0. The van der Waals surface area contributed by atoms with Gasteiger partial charge < -0.3 is 10.2 Å². The van der Waals surface area contributed by atoms with Gasteiger partial charge in [0.05, 0.1) is 5.56 Å². The Morgan fingerprint density at radius 2 is 1.74 bits per heavy atom. The quantitative estimate of drug-likeness (QED) is 0.793. The van der Waals surface area contributed by atoms with Crippen LogP contribution in [0.3, 0.4) is 0 Å². The zero-order chi connectivity index (χ0) is 18.5. The van der Waals surface area contributed by atoms with Crippen molar-refractivity contribution in [3.63, 3.8) is 0 Å². The minimum absolute atomic E-state index is 0. The molecule has 3 rings (SSSR count). The van der Waals surface area contributed by atoms with E-state index in [1.54, 1.807) is 6.07 Å². The summed E-state index contributed by atoms with van der Waals surface area (Å²) in [5.41, 5.74) is 3.09. The summed E-state index contributed by atoms with van der Waals surface area (Å²) < 4.78 is 14.8. The fraction of sp³-hybridized carbons (Fsp3) is 0.409. The van der Waals surface area contributed by atoms with Crippen molar-refractivity contribution in [3.05, 3.63) is 59.4 Å². The molecule has 27 heavy (non-hydrogen) atoms. The van der Waals surface area contributed by atoms with Crippen molar-refractivity contribution in [3.8, 4) is 11.1 Å². The minimum Gasteiger partial charge on any atom is -0.335 e. The lowest BCUT2D eigenvalue weighted by molar-refractivity contribution is 0.0638. The molecule has 2 aromatic carbocycles. The van der Waals surface area contributed by atoms with Crippen LogP contribution in [0.5, 0.6) is 0 Å². The highest BCUT2D eigenvalue weighted by atomic mass is 35.5. The SMILES string of the molecule is CCCN(C(=O)c1ccc(-c2ccc(C)cc2)cc1F)C1CCNCC1.Cl. The smallest absolute Gasteiger partial charge is 0.257 e. The summed E-state index contributed by atoms with van der Waals surface area (Å²) in [5.74, 6) is -0.630. The van der Waals surface area contributed by atoms with E-state index in [-0.39, 0.29) is 29.9 Å². The van der Waals surface area contributed by atoms with E-state index in [2.05, 4.69) is 12.2 Å². The van der Waals surface area contributed by atoms with E-state index in [1.165, 1.54) is 6.07 Å². The van der Waals surface area contributed by atoms with E-state index in [4.69, 9.17) is 0 Å². The van der Waals surface area contributed by atoms with E-state index in [0.717, 1.165) is 49.0 Å². The molecule has 1 aliphatic rings. The zero-order valence-corrected chi connectivity index (χ0v) is 16.8. The maximum absolute atomic E-state index is 14.8. The highest BCUT2D eigenvalue weighted by Crippen LogP contribution is 2.24. The van der Waals surface area contributed by atoms with Crippen LogP contribution >= 0.6 is 12.4 Å². The lowest BCUT2D eigenvalue weighted by Gasteiger charge is -2.34. The van der Waals surface area contributed by atoms with Crippen LogP contribution in [0.15, 0.2) is 42.5 Å². The number of hydrogen-bond donors (Lipinski definition) is 1. The fourth-order valence-corrected chi connectivity index (χ4v) is 3.58. The summed E-state index contributed by atoms with van der Waals surface area (Å²) in [6.07, 6.45) is 2.72. The van der Waals surface area contributed by atoms with E-state index < -0.39 is 5.82 Å². The summed E-state index contributed by atoms with van der Waals surface area (Å²) in [6, 6.07) is 13.1. The lowest BCUT2D eigenvalue weighted by atomic mass is 10.00. The third-order valence-electron chi connectivity index (χ3n) is 5.06. The van der Waals surface area contributed by atoms with Crippen LogP contribution in [0, 0.1) is 12.7 Å². The van der Waals surface area contributed by atoms with Crippen molar-refractivity contribution in [1.29, 1.82) is 0 Å². The molecule has 146 valence electrons. The van der Waals surface area contributed by atoms with Crippen molar-refractivity contribution < 1.29 is 9.18 Å². The largest absolute Gasteiger partial charge is 0.335 e. The number of nitrogens with one attached hydrogen (secondary N) is 1. The lowest BCUT2D eigenvalue weighted by Crippen LogP contribution is -2.46. The predicted molar refractivity (Wildman–Crippen MR) is 111 cm³/mol. The van der Waals surface area contributed by atoms with Gasteiger partial charge in [-0.25, -0.2) is 4.39 Å². The van der Waals surface area contributed by atoms with Crippen molar-refractivity contribution in [2.24, 2.45) is 0 Å². The van der Waals surface area contributed by atoms with Gasteiger partial charge in [-0.05, 0) is 62.5 Å². The predicted octanol–water partition coefficient (Wildman–Crippen LogP) is 4.83. The highest BCUT2D eigenvalue weighted by Gasteiger charge is 2.27. The molecule has 2 aromatic rings. The van der Waals surface area contributed by atoms with E-state index >= 15 is 0 Å². The summed E-state index contributed by atoms with van der Waals surface area (Å²) in [4.78, 5) is 14.9. The van der Waals surface area contributed by atoms with Gasteiger partial charge >= 0.3 is 0 Å². The number of carbonyl (C=O) groups is 1. The number of halogens is 2. The number of nitrogens with zero attached hydrogens (tertiary/aromatic N) is 1. The number of carbonyl (C=O) groups excluding carboxylic acids is 1. The van der Waals surface area contributed by atoms with Crippen molar-refractivity contribution in [2.75, 3.05) is 19.6 Å². The van der Waals surface area contributed by atoms with Gasteiger partial charge in [0, 0.05) is 12.6 Å². The molecule has 3 nitrogen and oxygen atoms in total. The Morgan fingerprint density at radius 3 is 2.33 bits per heavy atom. The number of rotatable bonds is 5. The van der Waals surface area contributed by atoms with Crippen LogP contribution in [0.2, 0.25) is 0 Å². The maximum atomic E-state index is 14.8. The molecule has 0 aliphatic carbocycles. The van der Waals surface area contributed by atoms with E-state index in [9.17, 15) is 9.18 Å². The first-order chi connectivity index (χ1) is 12.6. The summed E-state index contributed by atoms with van der Waals surface area (Å²) in [5, 5.41) is 3.32. The molecule has 0 spiro atoms. The average Bonchev–Trinajstić information content (AvgIpc) is 2.67. The molecule has 0 unspecified atom stereocenters. The van der Waals surface area contributed by atoms with Crippen LogP contribution < -0.4 is 5.32 Å². The molecule has 0 bridgehead atoms. The molecule has 1 saturated heterocycles. The fourth-order valence-electron chi connectivity index (χ4n) is 3.58. The molecule has 0 radical (unpaired) electrons. The van der Waals surface area contributed by atoms with Crippen molar-refractivity contribution >= 4 is 18.3 Å². The first kappa shape index (κ1) is 21.4. The van der Waals surface area contributed by atoms with E-state index in [1.807, 2.05) is 42.2 Å². The molecule has 1 N–H and O–H groups in total. The summed E-state index contributed by atoms with van der Waals surface area (Å²) in [6.45, 7) is 6.57. The van der Waals surface area contributed by atoms with Crippen LogP contribution in [-0.2, 0) is 0 Å². The Bertz CT molecular complexity index is 757. The number of aryl methyl sites for hydroxylation is 1. The molecule has 1 heterocycles. The standard InChI is InChI=1S/C22H27FN2O.ClH/c1-3-14-25(19-10-12-24-13-11-19)22(26)20-9-8-18(15-21(20)23)17-6-4-16(2)5-7-17;/h4-9,15,19,24H,3,10-14H2,1-2H3;1H. The average molecular weight is 391 g/mol. The molecule has 1 fully saturated rings. The van der Waals surface area contributed by atoms with Gasteiger partial charge in [-0.15, -0.1) is 12.4 Å². The van der Waals surface area contributed by atoms with Crippen LogP contribution in [0.4, 0.5) is 4.39 Å². The van der Waals surface area contributed by atoms with Gasteiger partial charge in [0.1, 0.15) is 5.82 Å². The first-order valence-corrected chi connectivity index (χ1v) is 9.48. The van der Waals surface area contributed by atoms with Gasteiger partial charge in [-0.3, -0.25) is 4.79 Å². The molecule has 1 amide bonds. The Morgan fingerprint density at radius 1 is 1.11 bits per heavy atom. The third-order valence-corrected chi connectivity index (χ3v) is 5.06. The first-order valence-electron chi connectivity index (χ1n) is 9.48. The van der Waals surface area contributed by atoms with Gasteiger partial charge in [0.15, 0.2) is 0 Å². The van der Waals surface area contributed by atoms with Gasteiger partial charge in [-0.2, -0.15) is 0 Å². The molecule has 5 heteroatoms. The Balaban J connectivity index is 0.00000261. The van der Waals surface area contributed by atoms with E-state index in [0.29, 0.717) is 6.54 Å². The second-order valence-electron chi connectivity index (χ2n) is 7.04. The Hall–Kier alpha value is -1.91. The molecule has 0 saturated carbocycles. The van der Waals surface area contributed by atoms with Crippen molar-refractivity contribution in [2.45, 2.75) is 39.2 Å². The Labute approximate surface area is 167 Å². The van der Waals surface area contributed by atoms with Crippen LogP contribution in [0.1, 0.15) is 42.1 Å². The number of hydrogen-bond acceptors (Lipinski definition) is 2. The number of amides is 1. The maximum Gasteiger partial charge on any atom is 0.257 e. The number of benzene rings is 2. The molecule has 1 aliphatic heterocycles.